The van der Waals surface area contributed by atoms with E-state index in [1.165, 1.54) is 0 Å². The summed E-state index contributed by atoms with van der Waals surface area (Å²) < 4.78 is 5.37. The zero-order valence-electron chi connectivity index (χ0n) is 10.4. The minimum atomic E-state index is -0.122. The maximum absolute atomic E-state index is 11.4. The molecule has 0 aliphatic carbocycles. The Labute approximate surface area is 106 Å². The van der Waals surface area contributed by atoms with Crippen LogP contribution in [0.3, 0.4) is 0 Å². The van der Waals surface area contributed by atoms with Gasteiger partial charge in [-0.25, -0.2) is 4.79 Å². The van der Waals surface area contributed by atoms with Crippen LogP contribution in [0.1, 0.15) is 25.1 Å². The zero-order valence-corrected chi connectivity index (χ0v) is 11.2. The van der Waals surface area contributed by atoms with Gasteiger partial charge in [0.2, 0.25) is 0 Å². The average molecular weight is 256 g/mol. The molecule has 4 nitrogen and oxygen atoms in total. The van der Waals surface area contributed by atoms with E-state index in [4.69, 9.17) is 4.74 Å². The van der Waals surface area contributed by atoms with Crippen molar-refractivity contribution >= 4 is 17.4 Å². The monoisotopic (exact) mass is 256 g/mol. The number of carbonyl (C=O) groups excluding carboxylic acids is 1. The van der Waals surface area contributed by atoms with Crippen LogP contribution >= 0.6 is 11.3 Å². The molecule has 0 saturated carbocycles. The Morgan fingerprint density at radius 1 is 1.47 bits per heavy atom. The Balaban J connectivity index is 1.98. The van der Waals surface area contributed by atoms with Crippen molar-refractivity contribution in [3.05, 3.63) is 22.4 Å². The first kappa shape index (κ1) is 14.0. The number of nitrogens with one attached hydrogen (secondary N) is 2. The van der Waals surface area contributed by atoms with E-state index in [-0.39, 0.29) is 12.1 Å². The molecule has 0 aliphatic heterocycles. The third-order valence-corrected chi connectivity index (χ3v) is 2.94. The molecule has 0 bridgehead atoms. The summed E-state index contributed by atoms with van der Waals surface area (Å²) >= 11 is 1.64. The smallest absolute Gasteiger partial charge is 0.315 e. The summed E-state index contributed by atoms with van der Waals surface area (Å²) in [4.78, 5) is 12.5. The zero-order chi connectivity index (χ0) is 12.5. The van der Waals surface area contributed by atoms with Gasteiger partial charge in [0.15, 0.2) is 0 Å². The molecule has 0 atom stereocenters. The molecule has 0 aliphatic rings. The topological polar surface area (TPSA) is 50.4 Å². The normalized spacial score (nSPS) is 10.5. The summed E-state index contributed by atoms with van der Waals surface area (Å²) in [5.41, 5.74) is 0. The summed E-state index contributed by atoms with van der Waals surface area (Å²) in [6.45, 7) is 5.92. The molecule has 17 heavy (non-hydrogen) atoms. The second-order valence-corrected chi connectivity index (χ2v) is 4.99. The number of thiophene rings is 1. The molecule has 1 aromatic rings. The highest BCUT2D eigenvalue weighted by atomic mass is 32.1. The minimum Gasteiger partial charge on any atom is -0.379 e. The molecule has 96 valence electrons. The van der Waals surface area contributed by atoms with Crippen molar-refractivity contribution in [3.63, 3.8) is 0 Å². The van der Waals surface area contributed by atoms with Crippen molar-refractivity contribution < 1.29 is 9.53 Å². The third kappa shape index (κ3) is 6.97. The van der Waals surface area contributed by atoms with E-state index >= 15 is 0 Å². The third-order valence-electron chi connectivity index (χ3n) is 2.06. The van der Waals surface area contributed by atoms with Crippen molar-refractivity contribution in [1.82, 2.24) is 10.6 Å². The lowest BCUT2D eigenvalue weighted by Gasteiger charge is -2.08. The van der Waals surface area contributed by atoms with Gasteiger partial charge in [-0.2, -0.15) is 0 Å². The summed E-state index contributed by atoms with van der Waals surface area (Å²) in [6, 6.07) is 3.85. The average Bonchev–Trinajstić information content (AvgIpc) is 2.78. The van der Waals surface area contributed by atoms with Gasteiger partial charge >= 0.3 is 6.03 Å². The first-order chi connectivity index (χ1) is 8.18. The molecule has 0 spiro atoms. The Bertz CT molecular complexity index is 312. The Hall–Kier alpha value is -1.07. The molecule has 0 fully saturated rings. The lowest BCUT2D eigenvalue weighted by molar-refractivity contribution is 0.0774. The molecule has 1 aromatic heterocycles. The Morgan fingerprint density at radius 2 is 2.29 bits per heavy atom. The molecule has 0 saturated heterocycles. The van der Waals surface area contributed by atoms with Gasteiger partial charge in [0.25, 0.3) is 0 Å². The van der Waals surface area contributed by atoms with Crippen LogP contribution in [0.15, 0.2) is 17.5 Å². The highest BCUT2D eigenvalue weighted by Gasteiger charge is 2.00. The number of urea groups is 1. The van der Waals surface area contributed by atoms with Crippen LogP contribution in [-0.2, 0) is 11.3 Å². The van der Waals surface area contributed by atoms with Gasteiger partial charge in [0, 0.05) is 18.0 Å². The van der Waals surface area contributed by atoms with Gasteiger partial charge in [0.1, 0.15) is 0 Å². The minimum absolute atomic E-state index is 0.122. The SMILES string of the molecule is CC(C)OCCCNC(=O)NCc1cccs1. The van der Waals surface area contributed by atoms with E-state index < -0.39 is 0 Å². The van der Waals surface area contributed by atoms with Gasteiger partial charge in [-0.3, -0.25) is 0 Å². The predicted octanol–water partition coefficient (Wildman–Crippen LogP) is 2.36. The second-order valence-electron chi connectivity index (χ2n) is 3.96. The van der Waals surface area contributed by atoms with Crippen LogP contribution in [0.2, 0.25) is 0 Å². The van der Waals surface area contributed by atoms with Gasteiger partial charge in [-0.15, -0.1) is 11.3 Å². The lowest BCUT2D eigenvalue weighted by atomic mass is 10.4. The van der Waals surface area contributed by atoms with E-state index in [1.54, 1.807) is 11.3 Å². The van der Waals surface area contributed by atoms with E-state index in [9.17, 15) is 4.79 Å². The van der Waals surface area contributed by atoms with E-state index in [0.29, 0.717) is 19.7 Å². The summed E-state index contributed by atoms with van der Waals surface area (Å²) in [5, 5.41) is 7.60. The fourth-order valence-electron chi connectivity index (χ4n) is 1.24. The van der Waals surface area contributed by atoms with Crippen molar-refractivity contribution in [2.45, 2.75) is 32.9 Å². The summed E-state index contributed by atoms with van der Waals surface area (Å²) in [5.74, 6) is 0. The van der Waals surface area contributed by atoms with Crippen LogP contribution < -0.4 is 10.6 Å². The van der Waals surface area contributed by atoms with Gasteiger partial charge in [-0.05, 0) is 31.7 Å². The number of hydrogen-bond acceptors (Lipinski definition) is 3. The molecule has 2 amide bonds. The van der Waals surface area contributed by atoms with Crippen LogP contribution in [0.4, 0.5) is 4.79 Å². The van der Waals surface area contributed by atoms with E-state index in [2.05, 4.69) is 10.6 Å². The van der Waals surface area contributed by atoms with Gasteiger partial charge in [-0.1, -0.05) is 6.07 Å². The summed E-state index contributed by atoms with van der Waals surface area (Å²) in [6.07, 6.45) is 1.09. The Kier molecular flexibility index (Phi) is 6.65. The number of hydrogen-bond donors (Lipinski definition) is 2. The highest BCUT2D eigenvalue weighted by molar-refractivity contribution is 7.09. The van der Waals surface area contributed by atoms with Gasteiger partial charge < -0.3 is 15.4 Å². The highest BCUT2D eigenvalue weighted by Crippen LogP contribution is 2.06. The predicted molar refractivity (Wildman–Crippen MR) is 70.3 cm³/mol. The molecule has 0 aromatic carbocycles. The molecular weight excluding hydrogens is 236 g/mol. The molecular formula is C12H20N2O2S. The molecule has 1 heterocycles. The molecule has 1 rings (SSSR count). The molecule has 5 heteroatoms. The van der Waals surface area contributed by atoms with Crippen LogP contribution in [0.5, 0.6) is 0 Å². The van der Waals surface area contributed by atoms with Crippen LogP contribution in [-0.4, -0.2) is 25.3 Å². The fraction of sp³-hybridized carbons (Fsp3) is 0.583. The van der Waals surface area contributed by atoms with E-state index in [0.717, 1.165) is 11.3 Å². The summed E-state index contributed by atoms with van der Waals surface area (Å²) in [7, 11) is 0. The molecule has 0 unspecified atom stereocenters. The first-order valence-electron chi connectivity index (χ1n) is 5.84. The van der Waals surface area contributed by atoms with Crippen LogP contribution in [0, 0.1) is 0 Å². The molecule has 0 radical (unpaired) electrons. The first-order valence-corrected chi connectivity index (χ1v) is 6.72. The van der Waals surface area contributed by atoms with Crippen molar-refractivity contribution in [2.24, 2.45) is 0 Å². The quantitative estimate of drug-likeness (QED) is 0.736. The second kappa shape index (κ2) is 8.08. The van der Waals surface area contributed by atoms with Crippen molar-refractivity contribution in [3.8, 4) is 0 Å². The van der Waals surface area contributed by atoms with Crippen molar-refractivity contribution in [1.29, 1.82) is 0 Å². The molecule has 2 N–H and O–H groups in total. The number of carbonyl (C=O) groups is 1. The maximum Gasteiger partial charge on any atom is 0.315 e. The standard InChI is InChI=1S/C12H20N2O2S/c1-10(2)16-7-4-6-13-12(15)14-9-11-5-3-8-17-11/h3,5,8,10H,4,6-7,9H2,1-2H3,(H2,13,14,15). The van der Waals surface area contributed by atoms with Gasteiger partial charge in [0.05, 0.1) is 12.6 Å². The number of rotatable bonds is 7. The largest absolute Gasteiger partial charge is 0.379 e. The van der Waals surface area contributed by atoms with Crippen LogP contribution in [0.25, 0.3) is 0 Å². The van der Waals surface area contributed by atoms with Crippen molar-refractivity contribution in [2.75, 3.05) is 13.2 Å². The Morgan fingerprint density at radius 3 is 2.94 bits per heavy atom. The number of ether oxygens (including phenoxy) is 1. The fourth-order valence-corrected chi connectivity index (χ4v) is 1.88. The lowest BCUT2D eigenvalue weighted by Crippen LogP contribution is -2.35. The maximum atomic E-state index is 11.4. The van der Waals surface area contributed by atoms with E-state index in [1.807, 2.05) is 31.4 Å². The number of amides is 2.